The molecule has 0 saturated carbocycles. The van der Waals surface area contributed by atoms with Gasteiger partial charge >= 0.3 is 8.80 Å². The molecule has 0 aliphatic carbocycles. The smallest absolute Gasteiger partial charge is 0.374 e. The molecule has 0 radical (unpaired) electrons. The molecule has 22 heavy (non-hydrogen) atoms. The Balaban J connectivity index is 3.76. The lowest BCUT2D eigenvalue weighted by Gasteiger charge is -2.28. The SMILES string of the molecule is CCO[Si](CCCCCCCCCN=C=O)(OCC)OCC. The first-order valence-electron chi connectivity index (χ1n) is 8.70. The summed E-state index contributed by atoms with van der Waals surface area (Å²) in [7, 11) is -2.43. The van der Waals surface area contributed by atoms with Crippen molar-refractivity contribution < 1.29 is 18.1 Å². The number of aliphatic imine (C=N–C) groups is 1. The lowest BCUT2D eigenvalue weighted by atomic mass is 10.1. The summed E-state index contributed by atoms with van der Waals surface area (Å²) in [4.78, 5) is 13.5. The maximum Gasteiger partial charge on any atom is 0.500 e. The molecule has 0 N–H and O–H groups in total. The molecule has 130 valence electrons. The third kappa shape index (κ3) is 11.1. The van der Waals surface area contributed by atoms with E-state index in [2.05, 4.69) is 4.99 Å². The van der Waals surface area contributed by atoms with Gasteiger partial charge in [-0.05, 0) is 33.6 Å². The van der Waals surface area contributed by atoms with E-state index in [1.165, 1.54) is 25.7 Å². The highest BCUT2D eigenvalue weighted by atomic mass is 28.4. The average Bonchev–Trinajstić information content (AvgIpc) is 2.50. The minimum absolute atomic E-state index is 0.620. The van der Waals surface area contributed by atoms with Crippen LogP contribution in [0.4, 0.5) is 0 Å². The lowest BCUT2D eigenvalue weighted by Crippen LogP contribution is -2.45. The van der Waals surface area contributed by atoms with E-state index in [1.54, 1.807) is 6.08 Å². The predicted molar refractivity (Wildman–Crippen MR) is 90.7 cm³/mol. The summed E-state index contributed by atoms with van der Waals surface area (Å²) in [6.07, 6.45) is 9.66. The molecule has 0 rings (SSSR count). The molecule has 0 atom stereocenters. The summed E-state index contributed by atoms with van der Waals surface area (Å²) in [5, 5.41) is 0. The molecule has 0 aliphatic heterocycles. The predicted octanol–water partition coefficient (Wildman–Crippen LogP) is 4.10. The number of nitrogens with zero attached hydrogens (tertiary/aromatic N) is 1. The summed E-state index contributed by atoms with van der Waals surface area (Å²) >= 11 is 0. The second-order valence-corrected chi connectivity index (χ2v) is 7.91. The molecule has 0 fully saturated rings. The first-order chi connectivity index (χ1) is 10.7. The van der Waals surface area contributed by atoms with Gasteiger partial charge in [0.15, 0.2) is 0 Å². The lowest BCUT2D eigenvalue weighted by molar-refractivity contribution is 0.0706. The van der Waals surface area contributed by atoms with Gasteiger partial charge in [-0.3, -0.25) is 0 Å². The van der Waals surface area contributed by atoms with Gasteiger partial charge in [-0.25, -0.2) is 9.79 Å². The van der Waals surface area contributed by atoms with Crippen LogP contribution in [0.2, 0.25) is 6.04 Å². The van der Waals surface area contributed by atoms with Gasteiger partial charge in [0.05, 0.1) is 6.54 Å². The topological polar surface area (TPSA) is 57.1 Å². The first-order valence-corrected chi connectivity index (χ1v) is 10.6. The van der Waals surface area contributed by atoms with E-state index >= 15 is 0 Å². The Hall–Kier alpha value is -0.523. The van der Waals surface area contributed by atoms with E-state index in [1.807, 2.05) is 20.8 Å². The monoisotopic (exact) mass is 331 g/mol. The van der Waals surface area contributed by atoms with Crippen molar-refractivity contribution >= 4 is 14.9 Å². The quantitative estimate of drug-likeness (QED) is 0.185. The first kappa shape index (κ1) is 21.5. The third-order valence-corrected chi connectivity index (χ3v) is 6.56. The van der Waals surface area contributed by atoms with Crippen molar-refractivity contribution in [1.29, 1.82) is 0 Å². The van der Waals surface area contributed by atoms with Crippen molar-refractivity contribution in [2.75, 3.05) is 26.4 Å². The van der Waals surface area contributed by atoms with Gasteiger partial charge in [0.1, 0.15) is 0 Å². The van der Waals surface area contributed by atoms with Crippen molar-refractivity contribution in [2.45, 2.75) is 71.8 Å². The van der Waals surface area contributed by atoms with E-state index in [4.69, 9.17) is 13.3 Å². The van der Waals surface area contributed by atoms with E-state index in [9.17, 15) is 4.79 Å². The standard InChI is InChI=1S/C16H33NO4Si/c1-4-19-22(20-5-2,21-6-3)15-13-11-9-7-8-10-12-14-17-16-18/h4-15H2,1-3H3. The molecule has 0 spiro atoms. The second-order valence-electron chi connectivity index (χ2n) is 5.18. The highest BCUT2D eigenvalue weighted by Crippen LogP contribution is 2.20. The van der Waals surface area contributed by atoms with Crippen LogP contribution in [0.25, 0.3) is 0 Å². The summed E-state index contributed by atoms with van der Waals surface area (Å²) in [5.41, 5.74) is 0. The summed E-state index contributed by atoms with van der Waals surface area (Å²) in [6.45, 7) is 8.55. The zero-order valence-electron chi connectivity index (χ0n) is 14.6. The molecular formula is C16H33NO4Si. The largest absolute Gasteiger partial charge is 0.500 e. The van der Waals surface area contributed by atoms with Crippen molar-refractivity contribution in [2.24, 2.45) is 4.99 Å². The molecule has 6 heteroatoms. The van der Waals surface area contributed by atoms with Crippen molar-refractivity contribution in [1.82, 2.24) is 0 Å². The van der Waals surface area contributed by atoms with E-state index in [0.29, 0.717) is 26.4 Å². The molecule has 0 saturated heterocycles. The van der Waals surface area contributed by atoms with Gasteiger partial charge in [-0.2, -0.15) is 0 Å². The fourth-order valence-electron chi connectivity index (χ4n) is 2.46. The molecule has 0 aromatic carbocycles. The molecule has 5 nitrogen and oxygen atoms in total. The third-order valence-electron chi connectivity index (χ3n) is 3.41. The number of unbranched alkanes of at least 4 members (excludes halogenated alkanes) is 6. The van der Waals surface area contributed by atoms with Crippen LogP contribution in [-0.4, -0.2) is 41.2 Å². The Morgan fingerprint density at radius 1 is 0.773 bits per heavy atom. The number of hydrogen-bond acceptors (Lipinski definition) is 5. The van der Waals surface area contributed by atoms with E-state index in [-0.39, 0.29) is 0 Å². The Morgan fingerprint density at radius 3 is 1.68 bits per heavy atom. The zero-order valence-corrected chi connectivity index (χ0v) is 15.6. The van der Waals surface area contributed by atoms with E-state index in [0.717, 1.165) is 25.3 Å². The summed E-state index contributed by atoms with van der Waals surface area (Å²) < 4.78 is 17.5. The maximum atomic E-state index is 9.91. The van der Waals surface area contributed by atoms with Crippen molar-refractivity contribution in [3.8, 4) is 0 Å². The van der Waals surface area contributed by atoms with Crippen LogP contribution in [0.15, 0.2) is 4.99 Å². The fraction of sp³-hybridized carbons (Fsp3) is 0.938. The Labute approximate surface area is 136 Å². The number of carbonyl (C=O) groups excluding carboxylic acids is 1. The van der Waals surface area contributed by atoms with E-state index < -0.39 is 8.80 Å². The van der Waals surface area contributed by atoms with Crippen LogP contribution in [0.3, 0.4) is 0 Å². The number of rotatable bonds is 16. The van der Waals surface area contributed by atoms with Gasteiger partial charge in [-0.15, -0.1) is 0 Å². The molecule has 0 amide bonds. The second kappa shape index (κ2) is 15.4. The molecular weight excluding hydrogens is 298 g/mol. The van der Waals surface area contributed by atoms with Crippen LogP contribution in [-0.2, 0) is 18.1 Å². The Bertz CT molecular complexity index is 279. The highest BCUT2D eigenvalue weighted by Gasteiger charge is 2.39. The van der Waals surface area contributed by atoms with Crippen LogP contribution >= 0.6 is 0 Å². The minimum Gasteiger partial charge on any atom is -0.374 e. The molecule has 0 aromatic rings. The molecule has 0 aliphatic rings. The minimum atomic E-state index is -2.43. The molecule has 0 bridgehead atoms. The summed E-state index contributed by atoms with van der Waals surface area (Å²) in [6, 6.07) is 0.913. The van der Waals surface area contributed by atoms with Crippen LogP contribution < -0.4 is 0 Å². The van der Waals surface area contributed by atoms with Crippen LogP contribution in [0.5, 0.6) is 0 Å². The van der Waals surface area contributed by atoms with Gasteiger partial charge < -0.3 is 13.3 Å². The summed E-state index contributed by atoms with van der Waals surface area (Å²) in [5.74, 6) is 0. The molecule has 0 heterocycles. The number of hydrogen-bond donors (Lipinski definition) is 0. The van der Waals surface area contributed by atoms with Crippen molar-refractivity contribution in [3.63, 3.8) is 0 Å². The normalized spacial score (nSPS) is 11.4. The van der Waals surface area contributed by atoms with Crippen LogP contribution in [0, 0.1) is 0 Å². The average molecular weight is 332 g/mol. The maximum absolute atomic E-state index is 9.91. The Kier molecular flexibility index (Phi) is 15.0. The highest BCUT2D eigenvalue weighted by molar-refractivity contribution is 6.60. The van der Waals surface area contributed by atoms with Gasteiger partial charge in [0, 0.05) is 25.9 Å². The molecule has 0 unspecified atom stereocenters. The fourth-order valence-corrected chi connectivity index (χ4v) is 5.15. The van der Waals surface area contributed by atoms with Gasteiger partial charge in [-0.1, -0.05) is 32.1 Å². The van der Waals surface area contributed by atoms with Gasteiger partial charge in [0.25, 0.3) is 0 Å². The van der Waals surface area contributed by atoms with Gasteiger partial charge in [0.2, 0.25) is 6.08 Å². The Morgan fingerprint density at radius 2 is 1.23 bits per heavy atom. The van der Waals surface area contributed by atoms with Crippen LogP contribution in [0.1, 0.15) is 65.7 Å². The number of isocyanates is 1. The van der Waals surface area contributed by atoms with Crippen molar-refractivity contribution in [3.05, 3.63) is 0 Å². The zero-order chi connectivity index (χ0) is 16.5. The molecule has 0 aromatic heterocycles.